The Morgan fingerprint density at radius 3 is 2.36 bits per heavy atom. The van der Waals surface area contributed by atoms with Gasteiger partial charge in [0.2, 0.25) is 5.91 Å². The van der Waals surface area contributed by atoms with Crippen LogP contribution in [-0.4, -0.2) is 42.2 Å². The van der Waals surface area contributed by atoms with E-state index in [9.17, 15) is 19.2 Å². The number of ketones is 1. The molecule has 9 atom stereocenters. The number of hydrogen-bond acceptors (Lipinski definition) is 6. The Morgan fingerprint density at radius 1 is 0.873 bits per heavy atom. The number of nitrogens with zero attached hydrogens (tertiary/aromatic N) is 1. The summed E-state index contributed by atoms with van der Waals surface area (Å²) in [5.41, 5.74) is 3.59. The normalized spacial score (nSPS) is 36.0. The van der Waals surface area contributed by atoms with E-state index in [1.807, 2.05) is 18.2 Å². The van der Waals surface area contributed by atoms with E-state index in [1.165, 1.54) is 31.7 Å². The van der Waals surface area contributed by atoms with Crippen LogP contribution in [-0.2, 0) is 27.3 Å². The van der Waals surface area contributed by atoms with Gasteiger partial charge in [-0.15, -0.1) is 0 Å². The lowest BCUT2D eigenvalue weighted by atomic mass is 9.32. The maximum absolute atomic E-state index is 14.6. The van der Waals surface area contributed by atoms with Crippen LogP contribution in [0.1, 0.15) is 138 Å². The van der Waals surface area contributed by atoms with Gasteiger partial charge in [0.15, 0.2) is 0 Å². The molecule has 1 aromatic carbocycles. The van der Waals surface area contributed by atoms with Crippen LogP contribution in [0.5, 0.6) is 0 Å². The summed E-state index contributed by atoms with van der Waals surface area (Å²) in [5, 5.41) is 6.34. The van der Waals surface area contributed by atoms with E-state index >= 15 is 0 Å². The maximum Gasteiger partial charge on any atom is 0.339 e. The van der Waals surface area contributed by atoms with E-state index in [-0.39, 0.29) is 51.4 Å². The third-order valence-corrected chi connectivity index (χ3v) is 16.8. The molecule has 8 nitrogen and oxygen atoms in total. The number of methoxy groups -OCH3 is 1. The van der Waals surface area contributed by atoms with Crippen molar-refractivity contribution in [3.8, 4) is 0 Å². The van der Waals surface area contributed by atoms with Crippen molar-refractivity contribution in [2.45, 2.75) is 119 Å². The SMILES string of the molecule is C=C(C)[C@@H]1CC[C@]2(C(=O)NCCc3cccc(C(=O)NCc4ccc(C(=O)OC)cn4)c3)CC[C@]3(C)C(CCC4C5(C)CCC(=O)C(C)(C)C5CC[C@]43C)C12. The van der Waals surface area contributed by atoms with Crippen LogP contribution in [0.4, 0.5) is 0 Å². The summed E-state index contributed by atoms with van der Waals surface area (Å²) in [7, 11) is 1.33. The molecule has 2 aromatic rings. The number of ether oxygens (including phenoxy) is 1. The van der Waals surface area contributed by atoms with Crippen LogP contribution < -0.4 is 10.6 Å². The van der Waals surface area contributed by atoms with E-state index in [4.69, 9.17) is 4.74 Å². The highest BCUT2D eigenvalue weighted by Crippen LogP contribution is 2.77. The topological polar surface area (TPSA) is 114 Å². The van der Waals surface area contributed by atoms with Gasteiger partial charge in [0.05, 0.1) is 30.3 Å². The molecule has 5 aliphatic rings. The zero-order valence-corrected chi connectivity index (χ0v) is 34.3. The molecule has 0 spiro atoms. The number of carbonyl (C=O) groups excluding carboxylic acids is 4. The zero-order valence-electron chi connectivity index (χ0n) is 34.3. The number of allylic oxidation sites excluding steroid dienone is 1. The molecule has 8 heteroatoms. The Bertz CT molecular complexity index is 1870. The quantitative estimate of drug-likeness (QED) is 0.196. The molecule has 2 amide bonds. The molecule has 2 N–H and O–H groups in total. The first-order valence-corrected chi connectivity index (χ1v) is 20.9. The molecule has 0 saturated heterocycles. The van der Waals surface area contributed by atoms with Gasteiger partial charge in [-0.25, -0.2) is 4.79 Å². The maximum atomic E-state index is 14.6. The zero-order chi connectivity index (χ0) is 39.6. The smallest absolute Gasteiger partial charge is 0.339 e. The van der Waals surface area contributed by atoms with E-state index in [1.54, 1.807) is 18.2 Å². The molecule has 1 heterocycles. The monoisotopic (exact) mass is 749 g/mol. The minimum absolute atomic E-state index is 0.131. The Labute approximate surface area is 328 Å². The number of benzene rings is 1. The van der Waals surface area contributed by atoms with Crippen LogP contribution in [0.25, 0.3) is 0 Å². The molecule has 1 aromatic heterocycles. The Balaban J connectivity index is 1.03. The average molecular weight is 750 g/mol. The fraction of sp³-hybridized carbons (Fsp3) is 0.638. The second kappa shape index (κ2) is 14.3. The lowest BCUT2D eigenvalue weighted by molar-refractivity contribution is -0.233. The Morgan fingerprint density at radius 2 is 1.65 bits per heavy atom. The first-order chi connectivity index (χ1) is 26.0. The predicted molar refractivity (Wildman–Crippen MR) is 214 cm³/mol. The molecule has 0 aliphatic heterocycles. The first kappa shape index (κ1) is 39.4. The van der Waals surface area contributed by atoms with Crippen molar-refractivity contribution >= 4 is 23.6 Å². The van der Waals surface area contributed by atoms with E-state index in [0.717, 1.165) is 50.5 Å². The van der Waals surface area contributed by atoms with Gasteiger partial charge in [0.25, 0.3) is 5.91 Å². The second-order valence-corrected chi connectivity index (χ2v) is 19.4. The largest absolute Gasteiger partial charge is 0.465 e. The fourth-order valence-electron chi connectivity index (χ4n) is 13.7. The minimum atomic E-state index is -0.454. The number of Topliss-reactive ketones (excluding diaryl/α,β-unsaturated/α-hetero) is 1. The van der Waals surface area contributed by atoms with Gasteiger partial charge in [-0.1, -0.05) is 58.9 Å². The summed E-state index contributed by atoms with van der Waals surface area (Å²) < 4.78 is 4.73. The van der Waals surface area contributed by atoms with Crippen LogP contribution >= 0.6 is 0 Å². The van der Waals surface area contributed by atoms with Gasteiger partial charge in [0, 0.05) is 30.1 Å². The molecule has 0 radical (unpaired) electrons. The molecule has 296 valence electrons. The Hall–Kier alpha value is -3.81. The van der Waals surface area contributed by atoms with Crippen LogP contribution in [0.2, 0.25) is 0 Å². The van der Waals surface area contributed by atoms with Gasteiger partial charge in [-0.2, -0.15) is 0 Å². The molecule has 0 bridgehead atoms. The summed E-state index contributed by atoms with van der Waals surface area (Å²) in [6, 6.07) is 10.9. The molecular weight excluding hydrogens is 687 g/mol. The third-order valence-electron chi connectivity index (χ3n) is 16.8. The molecule has 5 saturated carbocycles. The highest BCUT2D eigenvalue weighted by atomic mass is 16.5. The number of amides is 2. The van der Waals surface area contributed by atoms with Crippen molar-refractivity contribution in [1.82, 2.24) is 15.6 Å². The number of rotatable bonds is 9. The number of carbonyl (C=O) groups is 4. The van der Waals surface area contributed by atoms with Crippen molar-refractivity contribution in [1.29, 1.82) is 0 Å². The van der Waals surface area contributed by atoms with Crippen molar-refractivity contribution in [3.63, 3.8) is 0 Å². The molecule has 5 unspecified atom stereocenters. The highest BCUT2D eigenvalue weighted by molar-refractivity contribution is 5.94. The van der Waals surface area contributed by atoms with Crippen LogP contribution in [0.3, 0.4) is 0 Å². The highest BCUT2D eigenvalue weighted by Gasteiger charge is 2.71. The summed E-state index contributed by atoms with van der Waals surface area (Å²) in [5.74, 6) is 2.13. The van der Waals surface area contributed by atoms with Crippen molar-refractivity contribution in [2.75, 3.05) is 13.7 Å². The van der Waals surface area contributed by atoms with Crippen molar-refractivity contribution in [2.24, 2.45) is 56.7 Å². The lowest BCUT2D eigenvalue weighted by Crippen LogP contribution is -2.67. The Kier molecular flexibility index (Phi) is 10.2. The molecule has 5 fully saturated rings. The molecule has 55 heavy (non-hydrogen) atoms. The van der Waals surface area contributed by atoms with Crippen molar-refractivity contribution < 1.29 is 23.9 Å². The first-order valence-electron chi connectivity index (χ1n) is 20.9. The van der Waals surface area contributed by atoms with Gasteiger partial charge in [-0.05, 0) is 147 Å². The van der Waals surface area contributed by atoms with Crippen LogP contribution in [0.15, 0.2) is 54.7 Å². The van der Waals surface area contributed by atoms with E-state index < -0.39 is 5.97 Å². The van der Waals surface area contributed by atoms with Gasteiger partial charge >= 0.3 is 5.97 Å². The fourth-order valence-corrected chi connectivity index (χ4v) is 13.7. The standard InChI is InChI=1S/C47H63N3O5/c1-29(2)34-16-22-47(42(54)48-25-19-30-10-9-11-31(26-30)40(52)50-28-33-13-12-32(27-49-33)41(53)55-8)24-23-45(6)35(39(34)47)14-15-37-44(5)20-18-38(51)43(3,4)36(44)17-21-46(37,45)7/h9-13,26-27,34-37,39H,1,14-25,28H2,2-8H3,(H,48,54)(H,50,52)/t34-,35?,36?,37?,39?,44?,45+,46+,47-/m0/s1. The molecule has 5 aliphatic carbocycles. The number of pyridine rings is 1. The van der Waals surface area contributed by atoms with E-state index in [2.05, 4.69) is 63.7 Å². The number of aromatic nitrogens is 1. The number of nitrogens with one attached hydrogen (secondary N) is 2. The summed E-state index contributed by atoms with van der Waals surface area (Å²) in [6.07, 6.45) is 12.4. The van der Waals surface area contributed by atoms with Gasteiger partial charge in [-0.3, -0.25) is 19.4 Å². The summed E-state index contributed by atoms with van der Waals surface area (Å²) >= 11 is 0. The average Bonchev–Trinajstić information content (AvgIpc) is 3.57. The van der Waals surface area contributed by atoms with Crippen LogP contribution in [0, 0.1) is 56.7 Å². The predicted octanol–water partition coefficient (Wildman–Crippen LogP) is 8.68. The molecule has 7 rings (SSSR count). The van der Waals surface area contributed by atoms with Gasteiger partial charge in [0.1, 0.15) is 5.78 Å². The summed E-state index contributed by atoms with van der Waals surface area (Å²) in [6.45, 7) is 19.6. The number of fused-ring (bicyclic) bond motifs is 7. The third kappa shape index (κ3) is 6.28. The number of esters is 1. The van der Waals surface area contributed by atoms with Gasteiger partial charge < -0.3 is 15.4 Å². The molecular formula is C47H63N3O5. The van der Waals surface area contributed by atoms with Crippen molar-refractivity contribution in [3.05, 3.63) is 77.1 Å². The van der Waals surface area contributed by atoms with E-state index in [0.29, 0.717) is 65.7 Å². The number of hydrogen-bond donors (Lipinski definition) is 2. The lowest BCUT2D eigenvalue weighted by Gasteiger charge is -2.72. The summed E-state index contributed by atoms with van der Waals surface area (Å²) in [4.78, 5) is 56.9. The second-order valence-electron chi connectivity index (χ2n) is 19.4. The minimum Gasteiger partial charge on any atom is -0.465 e.